The van der Waals surface area contributed by atoms with Crippen molar-refractivity contribution >= 4 is 11.8 Å². The van der Waals surface area contributed by atoms with E-state index in [0.29, 0.717) is 18.8 Å². The van der Waals surface area contributed by atoms with Gasteiger partial charge in [-0.3, -0.25) is 9.59 Å². The Bertz CT molecular complexity index is 298. The monoisotopic (exact) mass is 224 g/mol. The number of fused-ring (bicyclic) bond motifs is 1. The van der Waals surface area contributed by atoms with E-state index in [4.69, 9.17) is 4.74 Å². The maximum Gasteiger partial charge on any atom is 0.309 e. The van der Waals surface area contributed by atoms with Crippen LogP contribution in [0.4, 0.5) is 0 Å². The summed E-state index contributed by atoms with van der Waals surface area (Å²) in [6.07, 6.45) is 3.64. The summed E-state index contributed by atoms with van der Waals surface area (Å²) in [7, 11) is 0. The van der Waals surface area contributed by atoms with Gasteiger partial charge in [0.25, 0.3) is 0 Å². The summed E-state index contributed by atoms with van der Waals surface area (Å²) in [5.74, 6) is 0.812. The van der Waals surface area contributed by atoms with Crippen molar-refractivity contribution in [2.45, 2.75) is 39.5 Å². The van der Waals surface area contributed by atoms with E-state index in [1.54, 1.807) is 0 Å². The van der Waals surface area contributed by atoms with Crippen LogP contribution in [0.5, 0.6) is 0 Å². The summed E-state index contributed by atoms with van der Waals surface area (Å²) >= 11 is 0. The third-order valence-corrected chi connectivity index (χ3v) is 4.14. The Kier molecular flexibility index (Phi) is 3.31. The second-order valence-electron chi connectivity index (χ2n) is 5.13. The Morgan fingerprint density at radius 1 is 1.44 bits per heavy atom. The van der Waals surface area contributed by atoms with Crippen molar-refractivity contribution in [2.24, 2.45) is 23.7 Å². The van der Waals surface area contributed by atoms with E-state index >= 15 is 0 Å². The number of rotatable bonds is 2. The number of hydrogen-bond acceptors (Lipinski definition) is 3. The highest BCUT2D eigenvalue weighted by molar-refractivity contribution is 5.86. The molecule has 0 saturated heterocycles. The lowest BCUT2D eigenvalue weighted by Crippen LogP contribution is -2.41. The van der Waals surface area contributed by atoms with E-state index in [2.05, 4.69) is 0 Å². The van der Waals surface area contributed by atoms with Crippen LogP contribution >= 0.6 is 0 Å². The number of carbonyl (C=O) groups excluding carboxylic acids is 2. The van der Waals surface area contributed by atoms with E-state index in [9.17, 15) is 9.59 Å². The molecule has 0 amide bonds. The summed E-state index contributed by atoms with van der Waals surface area (Å²) < 4.78 is 5.14. The molecule has 2 aliphatic carbocycles. The number of hydrogen-bond donors (Lipinski definition) is 0. The predicted octanol–water partition coefficient (Wildman–Crippen LogP) is 2.19. The molecule has 0 unspecified atom stereocenters. The van der Waals surface area contributed by atoms with Crippen LogP contribution in [0.15, 0.2) is 0 Å². The first kappa shape index (κ1) is 11.6. The fraction of sp³-hybridized carbons (Fsp3) is 0.846. The molecule has 2 aliphatic rings. The third-order valence-electron chi connectivity index (χ3n) is 4.14. The van der Waals surface area contributed by atoms with Gasteiger partial charge in [-0.1, -0.05) is 13.3 Å². The molecule has 0 aromatic carbocycles. The van der Waals surface area contributed by atoms with Crippen LogP contribution in [0.2, 0.25) is 0 Å². The Morgan fingerprint density at radius 3 is 2.88 bits per heavy atom. The molecule has 0 heterocycles. The second kappa shape index (κ2) is 4.56. The fourth-order valence-corrected chi connectivity index (χ4v) is 3.48. The lowest BCUT2D eigenvalue weighted by atomic mass is 9.68. The molecule has 0 aliphatic heterocycles. The molecule has 3 nitrogen and oxygen atoms in total. The Morgan fingerprint density at radius 2 is 2.19 bits per heavy atom. The average molecular weight is 224 g/mol. The van der Waals surface area contributed by atoms with Gasteiger partial charge in [-0.2, -0.15) is 0 Å². The van der Waals surface area contributed by atoms with Crippen LogP contribution < -0.4 is 0 Å². The van der Waals surface area contributed by atoms with Gasteiger partial charge in [-0.25, -0.2) is 0 Å². The van der Waals surface area contributed by atoms with Crippen LogP contribution in [-0.4, -0.2) is 18.4 Å². The SMILES string of the molecule is CCOC(=O)[C@H]1[C@@H]2CCC[C@@H]2C(=O)C[C@H]1C. The fourth-order valence-electron chi connectivity index (χ4n) is 3.48. The standard InChI is InChI=1S/C13H20O3/c1-3-16-13(15)12-8(2)7-11(14)9-5-4-6-10(9)12/h8-10,12H,3-7H2,1-2H3/t8-,9+,10-,12-/m1/s1. The van der Waals surface area contributed by atoms with E-state index in [1.807, 2.05) is 13.8 Å². The van der Waals surface area contributed by atoms with Gasteiger partial charge < -0.3 is 4.74 Å². The normalized spacial score (nSPS) is 38.2. The number of ketones is 1. The van der Waals surface area contributed by atoms with Gasteiger partial charge in [0, 0.05) is 12.3 Å². The molecule has 2 rings (SSSR count). The molecule has 0 radical (unpaired) electrons. The maximum atomic E-state index is 11.9. The van der Waals surface area contributed by atoms with Crippen LogP contribution in [0.3, 0.4) is 0 Å². The van der Waals surface area contributed by atoms with Crippen molar-refractivity contribution in [2.75, 3.05) is 6.61 Å². The summed E-state index contributed by atoms with van der Waals surface area (Å²) in [6.45, 7) is 4.28. The Hall–Kier alpha value is -0.860. The molecule has 2 saturated carbocycles. The topological polar surface area (TPSA) is 43.4 Å². The van der Waals surface area contributed by atoms with Crippen LogP contribution in [0.25, 0.3) is 0 Å². The van der Waals surface area contributed by atoms with Crippen molar-refractivity contribution in [3.8, 4) is 0 Å². The van der Waals surface area contributed by atoms with Gasteiger partial charge >= 0.3 is 5.97 Å². The van der Waals surface area contributed by atoms with E-state index in [0.717, 1.165) is 19.3 Å². The Labute approximate surface area is 96.5 Å². The molecule has 3 heteroatoms. The molecule has 0 bridgehead atoms. The highest BCUT2D eigenvalue weighted by atomic mass is 16.5. The first-order chi connectivity index (χ1) is 7.65. The number of esters is 1. The van der Waals surface area contributed by atoms with E-state index in [-0.39, 0.29) is 29.6 Å². The number of carbonyl (C=O) groups is 2. The molecule has 0 aromatic heterocycles. The van der Waals surface area contributed by atoms with Crippen molar-refractivity contribution in [1.82, 2.24) is 0 Å². The highest BCUT2D eigenvalue weighted by Crippen LogP contribution is 2.46. The summed E-state index contributed by atoms with van der Waals surface area (Å²) in [4.78, 5) is 23.8. The van der Waals surface area contributed by atoms with Crippen molar-refractivity contribution in [3.63, 3.8) is 0 Å². The lowest BCUT2D eigenvalue weighted by Gasteiger charge is -2.35. The average Bonchev–Trinajstić information content (AvgIpc) is 2.66. The molecule has 0 spiro atoms. The van der Waals surface area contributed by atoms with Crippen molar-refractivity contribution in [1.29, 1.82) is 0 Å². The van der Waals surface area contributed by atoms with Gasteiger partial charge in [0.05, 0.1) is 12.5 Å². The highest BCUT2D eigenvalue weighted by Gasteiger charge is 2.48. The van der Waals surface area contributed by atoms with Crippen molar-refractivity contribution in [3.05, 3.63) is 0 Å². The zero-order valence-electron chi connectivity index (χ0n) is 10.1. The second-order valence-corrected chi connectivity index (χ2v) is 5.13. The number of ether oxygens (including phenoxy) is 1. The summed E-state index contributed by atoms with van der Waals surface area (Å²) in [5, 5.41) is 0. The number of Topliss-reactive ketones (excluding diaryl/α,β-unsaturated/α-hetero) is 1. The largest absolute Gasteiger partial charge is 0.466 e. The first-order valence-electron chi connectivity index (χ1n) is 6.34. The first-order valence-corrected chi connectivity index (χ1v) is 6.34. The molecule has 2 fully saturated rings. The lowest BCUT2D eigenvalue weighted by molar-refractivity contribution is -0.156. The van der Waals surface area contributed by atoms with Crippen LogP contribution in [0.1, 0.15) is 39.5 Å². The van der Waals surface area contributed by atoms with Gasteiger partial charge in [0.15, 0.2) is 0 Å². The van der Waals surface area contributed by atoms with Crippen LogP contribution in [0, 0.1) is 23.7 Å². The van der Waals surface area contributed by atoms with Gasteiger partial charge in [-0.05, 0) is 31.6 Å². The summed E-state index contributed by atoms with van der Waals surface area (Å²) in [5.41, 5.74) is 0. The zero-order chi connectivity index (χ0) is 11.7. The molecule has 0 aromatic rings. The predicted molar refractivity (Wildman–Crippen MR) is 59.7 cm³/mol. The van der Waals surface area contributed by atoms with Crippen molar-refractivity contribution < 1.29 is 14.3 Å². The molecule has 16 heavy (non-hydrogen) atoms. The minimum atomic E-state index is -0.0839. The molecule has 4 atom stereocenters. The Balaban J connectivity index is 2.16. The minimum Gasteiger partial charge on any atom is -0.466 e. The summed E-state index contributed by atoms with van der Waals surface area (Å²) in [6, 6.07) is 0. The van der Waals surface area contributed by atoms with Gasteiger partial charge in [-0.15, -0.1) is 0 Å². The van der Waals surface area contributed by atoms with E-state index in [1.165, 1.54) is 0 Å². The van der Waals surface area contributed by atoms with Gasteiger partial charge in [0.2, 0.25) is 0 Å². The molecule has 0 N–H and O–H groups in total. The zero-order valence-corrected chi connectivity index (χ0v) is 10.1. The molecular weight excluding hydrogens is 204 g/mol. The minimum absolute atomic E-state index is 0.0369. The van der Waals surface area contributed by atoms with Crippen LogP contribution in [-0.2, 0) is 14.3 Å². The molecular formula is C13H20O3. The maximum absolute atomic E-state index is 11.9. The van der Waals surface area contributed by atoms with E-state index < -0.39 is 0 Å². The smallest absolute Gasteiger partial charge is 0.309 e. The third kappa shape index (κ3) is 1.87. The molecule has 90 valence electrons. The van der Waals surface area contributed by atoms with Gasteiger partial charge in [0.1, 0.15) is 5.78 Å². The quantitative estimate of drug-likeness (QED) is 0.675.